The fourth-order valence-corrected chi connectivity index (χ4v) is 1.95. The van der Waals surface area contributed by atoms with E-state index in [1.807, 2.05) is 19.1 Å². The van der Waals surface area contributed by atoms with E-state index in [0.29, 0.717) is 5.02 Å². The first kappa shape index (κ1) is 10.5. The van der Waals surface area contributed by atoms with Gasteiger partial charge in [-0.2, -0.15) is 0 Å². The fraction of sp³-hybridized carbons (Fsp3) is 0.200. The van der Waals surface area contributed by atoms with Crippen LogP contribution in [0.25, 0.3) is 0 Å². The van der Waals surface area contributed by atoms with Gasteiger partial charge in [0.1, 0.15) is 6.10 Å². The van der Waals surface area contributed by atoms with Crippen molar-refractivity contribution in [1.29, 1.82) is 0 Å². The second-order valence-corrected chi connectivity index (χ2v) is 4.46. The summed E-state index contributed by atoms with van der Waals surface area (Å²) < 4.78 is 3.71. The van der Waals surface area contributed by atoms with E-state index < -0.39 is 6.10 Å². The maximum absolute atomic E-state index is 9.97. The number of aliphatic hydroxyl groups is 1. The molecule has 1 aromatic heterocycles. The zero-order chi connectivity index (χ0) is 10.8. The molecule has 78 valence electrons. The Hall–Kier alpha value is -0.970. The average molecular weight is 241 g/mol. The smallest absolute Gasteiger partial charge is 0.116 e. The van der Waals surface area contributed by atoms with E-state index in [1.54, 1.807) is 12.3 Å². The number of nitrogens with zero attached hydrogens (tertiary/aromatic N) is 2. The van der Waals surface area contributed by atoms with Crippen molar-refractivity contribution in [2.45, 2.75) is 13.0 Å². The summed E-state index contributed by atoms with van der Waals surface area (Å²) >= 11 is 7.16. The van der Waals surface area contributed by atoms with Crippen molar-refractivity contribution < 1.29 is 5.11 Å². The molecule has 1 N–H and O–H groups in total. The Balaban J connectivity index is 2.34. The number of aromatic nitrogens is 2. The summed E-state index contributed by atoms with van der Waals surface area (Å²) in [6.07, 6.45) is 0.867. The molecule has 5 heteroatoms. The molecule has 3 nitrogen and oxygen atoms in total. The molecular weight excluding hydrogens is 232 g/mol. The highest BCUT2D eigenvalue weighted by Gasteiger charge is 2.13. The van der Waals surface area contributed by atoms with Gasteiger partial charge >= 0.3 is 0 Å². The lowest BCUT2D eigenvalue weighted by atomic mass is 10.1. The van der Waals surface area contributed by atoms with Gasteiger partial charge in [0, 0.05) is 5.02 Å². The number of hydrogen-bond donors (Lipinski definition) is 1. The third kappa shape index (κ3) is 2.17. The molecule has 1 aromatic carbocycles. The van der Waals surface area contributed by atoms with Crippen LogP contribution in [-0.4, -0.2) is 14.7 Å². The van der Waals surface area contributed by atoms with Gasteiger partial charge in [0.05, 0.1) is 11.1 Å². The Morgan fingerprint density at radius 3 is 2.87 bits per heavy atom. The van der Waals surface area contributed by atoms with E-state index in [4.69, 9.17) is 11.6 Å². The van der Waals surface area contributed by atoms with Crippen LogP contribution in [0.2, 0.25) is 5.02 Å². The lowest BCUT2D eigenvalue weighted by Crippen LogP contribution is -1.97. The number of aliphatic hydroxyl groups excluding tert-OH is 1. The molecule has 2 aromatic rings. The van der Waals surface area contributed by atoms with Gasteiger partial charge < -0.3 is 5.11 Å². The molecule has 0 saturated heterocycles. The number of halogens is 1. The Morgan fingerprint density at radius 1 is 1.47 bits per heavy atom. The van der Waals surface area contributed by atoms with Crippen molar-refractivity contribution in [2.75, 3.05) is 0 Å². The van der Waals surface area contributed by atoms with Gasteiger partial charge in [0.25, 0.3) is 0 Å². The molecule has 0 aliphatic heterocycles. The summed E-state index contributed by atoms with van der Waals surface area (Å²) in [5.41, 5.74) is 1.76. The maximum atomic E-state index is 9.97. The van der Waals surface area contributed by atoms with Gasteiger partial charge in [-0.25, -0.2) is 0 Å². The van der Waals surface area contributed by atoms with Gasteiger partial charge in [-0.3, -0.25) is 0 Å². The van der Waals surface area contributed by atoms with Crippen LogP contribution in [0.4, 0.5) is 0 Å². The van der Waals surface area contributed by atoms with E-state index in [0.717, 1.165) is 16.0 Å². The molecular formula is C10H9ClN2OS. The Kier molecular flexibility index (Phi) is 3.00. The van der Waals surface area contributed by atoms with Crippen LogP contribution >= 0.6 is 23.1 Å². The van der Waals surface area contributed by atoms with E-state index in [-0.39, 0.29) is 0 Å². The van der Waals surface area contributed by atoms with Crippen LogP contribution in [0.1, 0.15) is 22.1 Å². The van der Waals surface area contributed by atoms with Crippen molar-refractivity contribution in [1.82, 2.24) is 9.59 Å². The molecule has 0 saturated carbocycles. The fourth-order valence-electron chi connectivity index (χ4n) is 1.24. The molecule has 1 unspecified atom stereocenters. The second-order valence-electron chi connectivity index (χ2n) is 3.23. The highest BCUT2D eigenvalue weighted by molar-refractivity contribution is 7.05. The monoisotopic (exact) mass is 240 g/mol. The lowest BCUT2D eigenvalue weighted by Gasteiger charge is -2.08. The zero-order valence-electron chi connectivity index (χ0n) is 8.01. The zero-order valence-corrected chi connectivity index (χ0v) is 9.59. The van der Waals surface area contributed by atoms with Crippen LogP contribution < -0.4 is 0 Å². The van der Waals surface area contributed by atoms with E-state index in [1.165, 1.54) is 11.5 Å². The summed E-state index contributed by atoms with van der Waals surface area (Å²) in [4.78, 5) is 0.718. The first-order valence-corrected chi connectivity index (χ1v) is 5.55. The normalized spacial score (nSPS) is 12.7. The standard InChI is InChI=1S/C10H9ClN2OS/c1-6-2-3-7(4-8(6)11)10(14)9-5-12-13-15-9/h2-5,10,14H,1H3. The molecule has 0 bridgehead atoms. The van der Waals surface area contributed by atoms with E-state index >= 15 is 0 Å². The lowest BCUT2D eigenvalue weighted by molar-refractivity contribution is 0.224. The van der Waals surface area contributed by atoms with Crippen molar-refractivity contribution in [2.24, 2.45) is 0 Å². The largest absolute Gasteiger partial charge is 0.383 e. The highest BCUT2D eigenvalue weighted by atomic mass is 35.5. The molecule has 1 heterocycles. The summed E-state index contributed by atoms with van der Waals surface area (Å²) in [5, 5.41) is 14.3. The van der Waals surface area contributed by atoms with Crippen LogP contribution in [-0.2, 0) is 0 Å². The van der Waals surface area contributed by atoms with Crippen LogP contribution in [0.3, 0.4) is 0 Å². The minimum Gasteiger partial charge on any atom is -0.383 e. The third-order valence-corrected chi connectivity index (χ3v) is 3.28. The SMILES string of the molecule is Cc1ccc(C(O)c2cnns2)cc1Cl. The Labute approximate surface area is 96.5 Å². The van der Waals surface area contributed by atoms with Crippen molar-refractivity contribution in [3.05, 3.63) is 45.4 Å². The summed E-state index contributed by atoms with van der Waals surface area (Å²) in [7, 11) is 0. The molecule has 0 fully saturated rings. The van der Waals surface area contributed by atoms with Crippen LogP contribution in [0.5, 0.6) is 0 Å². The molecule has 0 aliphatic rings. The minimum atomic E-state index is -0.692. The van der Waals surface area contributed by atoms with Gasteiger partial charge in [0.15, 0.2) is 0 Å². The first-order chi connectivity index (χ1) is 7.18. The Morgan fingerprint density at radius 2 is 2.27 bits per heavy atom. The predicted molar refractivity (Wildman–Crippen MR) is 60.2 cm³/mol. The third-order valence-electron chi connectivity index (χ3n) is 2.16. The van der Waals surface area contributed by atoms with Gasteiger partial charge in [-0.15, -0.1) is 5.10 Å². The van der Waals surface area contributed by atoms with Crippen molar-refractivity contribution in [3.63, 3.8) is 0 Å². The number of rotatable bonds is 2. The van der Waals surface area contributed by atoms with Gasteiger partial charge in [0.2, 0.25) is 0 Å². The molecule has 0 spiro atoms. The summed E-state index contributed by atoms with van der Waals surface area (Å²) in [5.74, 6) is 0. The highest BCUT2D eigenvalue weighted by Crippen LogP contribution is 2.27. The Bertz CT molecular complexity index is 458. The topological polar surface area (TPSA) is 46.0 Å². The van der Waals surface area contributed by atoms with Crippen molar-refractivity contribution in [3.8, 4) is 0 Å². The average Bonchev–Trinajstić information content (AvgIpc) is 2.74. The summed E-state index contributed by atoms with van der Waals surface area (Å²) in [6.45, 7) is 1.92. The van der Waals surface area contributed by atoms with Crippen LogP contribution in [0, 0.1) is 6.92 Å². The minimum absolute atomic E-state index is 0.657. The van der Waals surface area contributed by atoms with Crippen molar-refractivity contribution >= 4 is 23.1 Å². The molecule has 0 aliphatic carbocycles. The molecule has 0 radical (unpaired) electrons. The number of hydrogen-bond acceptors (Lipinski definition) is 4. The van der Waals surface area contributed by atoms with Gasteiger partial charge in [-0.05, 0) is 35.6 Å². The summed E-state index contributed by atoms with van der Waals surface area (Å²) in [6, 6.07) is 5.50. The maximum Gasteiger partial charge on any atom is 0.116 e. The first-order valence-electron chi connectivity index (χ1n) is 4.40. The number of aryl methyl sites for hydroxylation is 1. The molecule has 0 amide bonds. The molecule has 15 heavy (non-hydrogen) atoms. The number of benzene rings is 1. The molecule has 2 rings (SSSR count). The predicted octanol–water partition coefficient (Wildman–Crippen LogP) is 2.58. The van der Waals surface area contributed by atoms with E-state index in [9.17, 15) is 5.11 Å². The van der Waals surface area contributed by atoms with Crippen LogP contribution in [0.15, 0.2) is 24.4 Å². The quantitative estimate of drug-likeness (QED) is 0.878. The molecule has 1 atom stereocenters. The van der Waals surface area contributed by atoms with Gasteiger partial charge in [-0.1, -0.05) is 28.2 Å². The van der Waals surface area contributed by atoms with E-state index in [2.05, 4.69) is 9.59 Å². The second kappa shape index (κ2) is 4.26.